The average molecular weight is 185 g/mol. The Kier molecular flexibility index (Phi) is 6.99. The Bertz CT molecular complexity index is 215. The Morgan fingerprint density at radius 2 is 1.92 bits per heavy atom. The van der Waals surface area contributed by atoms with E-state index in [1.807, 2.05) is 30.3 Å². The lowest BCUT2D eigenvalue weighted by molar-refractivity contribution is -0.123. The van der Waals surface area contributed by atoms with Crippen molar-refractivity contribution in [2.75, 3.05) is 0 Å². The molecule has 1 aromatic carbocycles. The van der Waals surface area contributed by atoms with Crippen LogP contribution in [0.3, 0.4) is 0 Å². The van der Waals surface area contributed by atoms with Crippen LogP contribution in [0.2, 0.25) is 5.02 Å². The number of carbonyl (C=O) groups excluding carboxylic acids is 1. The molecule has 0 radical (unpaired) electrons. The second kappa shape index (κ2) is 7.82. The topological polar surface area (TPSA) is 26.3 Å². The minimum absolute atomic E-state index is 0.312. The summed E-state index contributed by atoms with van der Waals surface area (Å²) in [5, 5.41) is 0.794. The van der Waals surface area contributed by atoms with Gasteiger partial charge in [-0.1, -0.05) is 36.4 Å². The molecule has 0 heterocycles. The van der Waals surface area contributed by atoms with E-state index in [1.165, 1.54) is 0 Å². The molecule has 0 aromatic heterocycles. The molecule has 1 aromatic rings. The van der Waals surface area contributed by atoms with Gasteiger partial charge in [0, 0.05) is 5.02 Å². The van der Waals surface area contributed by atoms with E-state index in [0.29, 0.717) is 6.47 Å². The Morgan fingerprint density at radius 3 is 2.08 bits per heavy atom. The van der Waals surface area contributed by atoms with Gasteiger partial charge in [-0.3, -0.25) is 4.79 Å². The van der Waals surface area contributed by atoms with Crippen molar-refractivity contribution in [3.8, 4) is 0 Å². The zero-order valence-corrected chi connectivity index (χ0v) is 7.20. The number of ether oxygens (including phenoxy) is 1. The molecule has 0 saturated carbocycles. The fourth-order valence-corrected chi connectivity index (χ4v) is 0.599. The predicted molar refractivity (Wildman–Crippen MR) is 48.8 cm³/mol. The fourth-order valence-electron chi connectivity index (χ4n) is 0.454. The third-order valence-electron chi connectivity index (χ3n) is 0.885. The van der Waals surface area contributed by atoms with E-state index in [9.17, 15) is 0 Å². The van der Waals surface area contributed by atoms with Crippen molar-refractivity contribution in [1.82, 2.24) is 0 Å². The summed E-state index contributed by atoms with van der Waals surface area (Å²) in [4.78, 5) is 9.11. The van der Waals surface area contributed by atoms with Crippen LogP contribution in [0, 0.1) is 0 Å². The highest BCUT2D eigenvalue weighted by Crippen LogP contribution is 2.03. The van der Waals surface area contributed by atoms with Crippen LogP contribution in [0.15, 0.2) is 43.2 Å². The second-order valence-corrected chi connectivity index (χ2v) is 2.13. The van der Waals surface area contributed by atoms with Crippen molar-refractivity contribution in [1.29, 1.82) is 0 Å². The Labute approximate surface area is 76.4 Å². The standard InChI is InChI=1S/C6H5Cl.C3H4O2/c7-6-4-2-1-3-5-6;1-2-5-3-4/h1-5H;2-3H,1H2. The molecule has 0 unspecified atom stereocenters. The van der Waals surface area contributed by atoms with Crippen molar-refractivity contribution in [3.63, 3.8) is 0 Å². The van der Waals surface area contributed by atoms with Crippen molar-refractivity contribution in [3.05, 3.63) is 48.2 Å². The van der Waals surface area contributed by atoms with Crippen molar-refractivity contribution >= 4 is 18.1 Å². The van der Waals surface area contributed by atoms with E-state index in [0.717, 1.165) is 11.3 Å². The van der Waals surface area contributed by atoms with Crippen LogP contribution in [-0.4, -0.2) is 6.47 Å². The molecule has 0 N–H and O–H groups in total. The lowest BCUT2D eigenvalue weighted by Gasteiger charge is -1.80. The third-order valence-corrected chi connectivity index (χ3v) is 1.14. The van der Waals surface area contributed by atoms with Gasteiger partial charge >= 0.3 is 0 Å². The maximum atomic E-state index is 9.11. The molecule has 0 saturated heterocycles. The Hall–Kier alpha value is -1.28. The summed E-state index contributed by atoms with van der Waals surface area (Å²) in [7, 11) is 0. The van der Waals surface area contributed by atoms with E-state index >= 15 is 0 Å². The van der Waals surface area contributed by atoms with Gasteiger partial charge in [-0.15, -0.1) is 0 Å². The summed E-state index contributed by atoms with van der Waals surface area (Å²) < 4.78 is 3.92. The monoisotopic (exact) mass is 184 g/mol. The molecule has 0 amide bonds. The molecule has 2 nitrogen and oxygen atoms in total. The predicted octanol–water partition coefficient (Wildman–Crippen LogP) is 2.64. The number of halogens is 1. The van der Waals surface area contributed by atoms with Crippen LogP contribution in [0.4, 0.5) is 0 Å². The van der Waals surface area contributed by atoms with Gasteiger partial charge in [0.05, 0.1) is 6.26 Å². The van der Waals surface area contributed by atoms with Gasteiger partial charge in [0.25, 0.3) is 6.47 Å². The van der Waals surface area contributed by atoms with Gasteiger partial charge in [0.2, 0.25) is 0 Å². The minimum atomic E-state index is 0.312. The van der Waals surface area contributed by atoms with E-state index < -0.39 is 0 Å². The van der Waals surface area contributed by atoms with Crippen LogP contribution >= 0.6 is 11.6 Å². The molecule has 0 fully saturated rings. The van der Waals surface area contributed by atoms with E-state index in [4.69, 9.17) is 16.4 Å². The average Bonchev–Trinajstić information content (AvgIpc) is 2.08. The molecular weight excluding hydrogens is 176 g/mol. The van der Waals surface area contributed by atoms with Crippen molar-refractivity contribution in [2.24, 2.45) is 0 Å². The first kappa shape index (κ1) is 10.7. The molecule has 12 heavy (non-hydrogen) atoms. The fraction of sp³-hybridized carbons (Fsp3) is 0. The molecule has 3 heteroatoms. The van der Waals surface area contributed by atoms with E-state index in [2.05, 4.69) is 11.3 Å². The Balaban J connectivity index is 0.000000217. The van der Waals surface area contributed by atoms with Crippen LogP contribution in [0.1, 0.15) is 0 Å². The number of hydrogen-bond donors (Lipinski definition) is 0. The highest BCUT2D eigenvalue weighted by molar-refractivity contribution is 6.30. The van der Waals surface area contributed by atoms with E-state index in [-0.39, 0.29) is 0 Å². The van der Waals surface area contributed by atoms with Crippen LogP contribution < -0.4 is 0 Å². The largest absolute Gasteiger partial charge is 0.437 e. The molecule has 0 bridgehead atoms. The zero-order chi connectivity index (χ0) is 9.23. The van der Waals surface area contributed by atoms with Crippen LogP contribution in [-0.2, 0) is 9.53 Å². The first-order valence-electron chi connectivity index (χ1n) is 3.22. The molecule has 1 rings (SSSR count). The molecule has 64 valence electrons. The van der Waals surface area contributed by atoms with E-state index in [1.54, 1.807) is 0 Å². The van der Waals surface area contributed by atoms with Crippen LogP contribution in [0.25, 0.3) is 0 Å². The van der Waals surface area contributed by atoms with Gasteiger partial charge in [0.15, 0.2) is 0 Å². The molecule has 0 aliphatic carbocycles. The molecule has 0 aliphatic rings. The number of benzene rings is 1. The first-order chi connectivity index (χ1) is 5.81. The molecular formula is C9H9ClO2. The lowest BCUT2D eigenvalue weighted by atomic mass is 10.4. The van der Waals surface area contributed by atoms with Gasteiger partial charge in [0.1, 0.15) is 0 Å². The lowest BCUT2D eigenvalue weighted by Crippen LogP contribution is -1.66. The maximum Gasteiger partial charge on any atom is 0.297 e. The summed E-state index contributed by atoms with van der Waals surface area (Å²) >= 11 is 5.54. The normalized spacial score (nSPS) is 7.42. The van der Waals surface area contributed by atoms with Crippen molar-refractivity contribution < 1.29 is 9.53 Å². The number of rotatable bonds is 2. The third kappa shape index (κ3) is 6.83. The van der Waals surface area contributed by atoms with Crippen molar-refractivity contribution in [2.45, 2.75) is 0 Å². The van der Waals surface area contributed by atoms with Gasteiger partial charge < -0.3 is 4.74 Å². The Morgan fingerprint density at radius 1 is 1.33 bits per heavy atom. The summed E-state index contributed by atoms with van der Waals surface area (Å²) in [6, 6.07) is 9.44. The number of carbonyl (C=O) groups is 1. The van der Waals surface area contributed by atoms with Crippen LogP contribution in [0.5, 0.6) is 0 Å². The minimum Gasteiger partial charge on any atom is -0.437 e. The highest BCUT2D eigenvalue weighted by atomic mass is 35.5. The quantitative estimate of drug-likeness (QED) is 0.522. The molecule has 0 atom stereocenters. The SMILES string of the molecule is C=COC=O.Clc1ccccc1. The summed E-state index contributed by atoms with van der Waals surface area (Å²) in [5.41, 5.74) is 0. The zero-order valence-electron chi connectivity index (χ0n) is 6.44. The smallest absolute Gasteiger partial charge is 0.297 e. The summed E-state index contributed by atoms with van der Waals surface area (Å²) in [6.45, 7) is 3.41. The second-order valence-electron chi connectivity index (χ2n) is 1.69. The van der Waals surface area contributed by atoms with Gasteiger partial charge in [-0.25, -0.2) is 0 Å². The number of hydrogen-bond acceptors (Lipinski definition) is 2. The van der Waals surface area contributed by atoms with Gasteiger partial charge in [-0.05, 0) is 12.1 Å². The summed E-state index contributed by atoms with van der Waals surface area (Å²) in [6.07, 6.45) is 1.06. The molecule has 0 spiro atoms. The molecule has 0 aliphatic heterocycles. The highest BCUT2D eigenvalue weighted by Gasteiger charge is 1.74. The van der Waals surface area contributed by atoms with Gasteiger partial charge in [-0.2, -0.15) is 0 Å². The first-order valence-corrected chi connectivity index (χ1v) is 3.59. The summed E-state index contributed by atoms with van der Waals surface area (Å²) in [5.74, 6) is 0. The maximum absolute atomic E-state index is 9.11.